The zero-order valence-corrected chi connectivity index (χ0v) is 13.1. The summed E-state index contributed by atoms with van der Waals surface area (Å²) in [5, 5.41) is 5.97. The topological polar surface area (TPSA) is 70.2 Å². The molecule has 0 radical (unpaired) electrons. The van der Waals surface area contributed by atoms with E-state index < -0.39 is 0 Å². The lowest BCUT2D eigenvalue weighted by Gasteiger charge is -2.19. The van der Waals surface area contributed by atoms with E-state index in [0.29, 0.717) is 12.4 Å². The molecule has 0 spiro atoms. The lowest BCUT2D eigenvalue weighted by atomic mass is 10.4. The molecule has 1 aromatic rings. The van der Waals surface area contributed by atoms with E-state index in [4.69, 9.17) is 0 Å². The van der Waals surface area contributed by atoms with Gasteiger partial charge < -0.3 is 15.5 Å². The Morgan fingerprint density at radius 2 is 2.16 bits per heavy atom. The molecule has 0 saturated heterocycles. The smallest absolute Gasteiger partial charge is 0.239 e. The predicted molar refractivity (Wildman–Crippen MR) is 80.5 cm³/mol. The maximum atomic E-state index is 11.7. The lowest BCUT2D eigenvalue weighted by Crippen LogP contribution is -2.36. The highest BCUT2D eigenvalue weighted by molar-refractivity contribution is 9.10. The summed E-state index contributed by atoms with van der Waals surface area (Å²) in [6.45, 7) is 5.75. The predicted octanol–water partition coefficient (Wildman–Crippen LogP) is 1.63. The van der Waals surface area contributed by atoms with E-state index in [-0.39, 0.29) is 12.5 Å². The van der Waals surface area contributed by atoms with E-state index in [1.165, 1.54) is 6.33 Å². The van der Waals surface area contributed by atoms with Gasteiger partial charge in [0, 0.05) is 20.1 Å². The van der Waals surface area contributed by atoms with Gasteiger partial charge in [0.05, 0.1) is 6.54 Å². The molecule has 2 N–H and O–H groups in total. The fourth-order valence-corrected chi connectivity index (χ4v) is 2.18. The number of anilines is 2. The number of nitrogens with one attached hydrogen (secondary N) is 2. The standard InChI is InChI=1S/C12H20BrN5O/c1-4-6-15-9(19)7-18(3)12-10(13)11(14-5-2)16-8-17-12/h8H,4-7H2,1-3H3,(H,15,19)(H,14,16,17). The first-order valence-corrected chi connectivity index (χ1v) is 7.11. The number of halogens is 1. The summed E-state index contributed by atoms with van der Waals surface area (Å²) in [4.78, 5) is 21.8. The van der Waals surface area contributed by atoms with Crippen LogP contribution in [0.1, 0.15) is 20.3 Å². The van der Waals surface area contributed by atoms with Gasteiger partial charge in [0.1, 0.15) is 22.4 Å². The van der Waals surface area contributed by atoms with Crippen LogP contribution in [0.2, 0.25) is 0 Å². The largest absolute Gasteiger partial charge is 0.369 e. The molecule has 7 heteroatoms. The van der Waals surface area contributed by atoms with Gasteiger partial charge in [-0.05, 0) is 29.3 Å². The summed E-state index contributed by atoms with van der Waals surface area (Å²) in [5.41, 5.74) is 0. The Labute approximate surface area is 122 Å². The maximum Gasteiger partial charge on any atom is 0.239 e. The minimum Gasteiger partial charge on any atom is -0.369 e. The molecule has 19 heavy (non-hydrogen) atoms. The number of carbonyl (C=O) groups is 1. The zero-order chi connectivity index (χ0) is 14.3. The van der Waals surface area contributed by atoms with Crippen molar-refractivity contribution in [1.29, 1.82) is 0 Å². The fraction of sp³-hybridized carbons (Fsp3) is 0.583. The number of nitrogens with zero attached hydrogens (tertiary/aromatic N) is 3. The number of likely N-dealkylation sites (N-methyl/N-ethyl adjacent to an activating group) is 1. The number of rotatable bonds is 7. The summed E-state index contributed by atoms with van der Waals surface area (Å²) in [6, 6.07) is 0. The first kappa shape index (κ1) is 15.7. The first-order chi connectivity index (χ1) is 9.10. The van der Waals surface area contributed by atoms with Crippen molar-refractivity contribution in [2.45, 2.75) is 20.3 Å². The van der Waals surface area contributed by atoms with Crippen LogP contribution in [-0.4, -0.2) is 42.6 Å². The van der Waals surface area contributed by atoms with Gasteiger partial charge in [-0.3, -0.25) is 4.79 Å². The lowest BCUT2D eigenvalue weighted by molar-refractivity contribution is -0.119. The molecule has 0 saturated carbocycles. The molecule has 0 bridgehead atoms. The van der Waals surface area contributed by atoms with Crippen LogP contribution in [-0.2, 0) is 4.79 Å². The molecule has 6 nitrogen and oxygen atoms in total. The van der Waals surface area contributed by atoms with Crippen LogP contribution in [0.5, 0.6) is 0 Å². The summed E-state index contributed by atoms with van der Waals surface area (Å²) >= 11 is 3.46. The Morgan fingerprint density at radius 1 is 1.42 bits per heavy atom. The van der Waals surface area contributed by atoms with Crippen molar-refractivity contribution in [2.24, 2.45) is 0 Å². The van der Waals surface area contributed by atoms with Crippen LogP contribution in [0.3, 0.4) is 0 Å². The minimum absolute atomic E-state index is 0.0140. The number of aromatic nitrogens is 2. The zero-order valence-electron chi connectivity index (χ0n) is 11.5. The van der Waals surface area contributed by atoms with E-state index in [0.717, 1.165) is 23.3 Å². The highest BCUT2D eigenvalue weighted by Crippen LogP contribution is 2.28. The maximum absolute atomic E-state index is 11.7. The monoisotopic (exact) mass is 329 g/mol. The molecule has 0 aliphatic heterocycles. The van der Waals surface area contributed by atoms with Crippen molar-refractivity contribution in [1.82, 2.24) is 15.3 Å². The molecule has 1 heterocycles. The Hall–Kier alpha value is -1.37. The van der Waals surface area contributed by atoms with E-state index in [9.17, 15) is 4.79 Å². The second-order valence-electron chi connectivity index (χ2n) is 4.10. The third kappa shape index (κ3) is 4.66. The molecule has 0 aromatic carbocycles. The number of hydrogen-bond acceptors (Lipinski definition) is 5. The van der Waals surface area contributed by atoms with Gasteiger partial charge >= 0.3 is 0 Å². The van der Waals surface area contributed by atoms with E-state index in [1.54, 1.807) is 4.90 Å². The number of hydrogen-bond donors (Lipinski definition) is 2. The third-order valence-electron chi connectivity index (χ3n) is 2.43. The molecule has 1 amide bonds. The van der Waals surface area contributed by atoms with Gasteiger partial charge in [-0.1, -0.05) is 6.92 Å². The molecular formula is C12H20BrN5O. The normalized spacial score (nSPS) is 10.1. The Morgan fingerprint density at radius 3 is 2.79 bits per heavy atom. The average Bonchev–Trinajstić information content (AvgIpc) is 2.39. The Bertz CT molecular complexity index is 427. The molecule has 1 rings (SSSR count). The van der Waals surface area contributed by atoms with Crippen LogP contribution in [0.15, 0.2) is 10.8 Å². The summed E-state index contributed by atoms with van der Waals surface area (Å²) in [5.74, 6) is 1.41. The van der Waals surface area contributed by atoms with Gasteiger partial charge in [0.15, 0.2) is 0 Å². The van der Waals surface area contributed by atoms with Crippen LogP contribution < -0.4 is 15.5 Å². The third-order valence-corrected chi connectivity index (χ3v) is 3.16. The van der Waals surface area contributed by atoms with Gasteiger partial charge in [0.25, 0.3) is 0 Å². The quantitative estimate of drug-likeness (QED) is 0.795. The first-order valence-electron chi connectivity index (χ1n) is 6.32. The van der Waals surface area contributed by atoms with Gasteiger partial charge in [-0.25, -0.2) is 9.97 Å². The van der Waals surface area contributed by atoms with Gasteiger partial charge in [0.2, 0.25) is 5.91 Å². The molecule has 0 unspecified atom stereocenters. The highest BCUT2D eigenvalue weighted by atomic mass is 79.9. The molecule has 0 aliphatic carbocycles. The second kappa shape index (κ2) is 7.93. The van der Waals surface area contributed by atoms with Crippen LogP contribution in [0.4, 0.5) is 11.6 Å². The molecule has 106 valence electrons. The molecule has 1 aromatic heterocycles. The van der Waals surface area contributed by atoms with Gasteiger partial charge in [-0.2, -0.15) is 0 Å². The average molecular weight is 330 g/mol. The summed E-state index contributed by atoms with van der Waals surface area (Å²) in [7, 11) is 1.83. The molecule has 0 atom stereocenters. The highest BCUT2D eigenvalue weighted by Gasteiger charge is 2.14. The van der Waals surface area contributed by atoms with E-state index in [1.807, 2.05) is 20.9 Å². The SMILES string of the molecule is CCCNC(=O)CN(C)c1ncnc(NCC)c1Br. The van der Waals surface area contributed by atoms with Crippen molar-refractivity contribution in [3.05, 3.63) is 10.8 Å². The molecule has 0 aliphatic rings. The number of amides is 1. The van der Waals surface area contributed by atoms with E-state index in [2.05, 4.69) is 36.5 Å². The van der Waals surface area contributed by atoms with Crippen molar-refractivity contribution in [2.75, 3.05) is 36.9 Å². The molecule has 0 fully saturated rings. The minimum atomic E-state index is -0.0140. The Kier molecular flexibility index (Phi) is 6.55. The van der Waals surface area contributed by atoms with Crippen molar-refractivity contribution < 1.29 is 4.79 Å². The van der Waals surface area contributed by atoms with Crippen LogP contribution in [0.25, 0.3) is 0 Å². The van der Waals surface area contributed by atoms with Crippen molar-refractivity contribution in [3.63, 3.8) is 0 Å². The van der Waals surface area contributed by atoms with Crippen molar-refractivity contribution >= 4 is 33.5 Å². The summed E-state index contributed by atoms with van der Waals surface area (Å²) < 4.78 is 0.766. The van der Waals surface area contributed by atoms with Crippen molar-refractivity contribution in [3.8, 4) is 0 Å². The van der Waals surface area contributed by atoms with Crippen LogP contribution in [0, 0.1) is 0 Å². The summed E-state index contributed by atoms with van der Waals surface area (Å²) in [6.07, 6.45) is 2.41. The van der Waals surface area contributed by atoms with E-state index >= 15 is 0 Å². The van der Waals surface area contributed by atoms with Gasteiger partial charge in [-0.15, -0.1) is 0 Å². The molecular weight excluding hydrogens is 310 g/mol. The van der Waals surface area contributed by atoms with Crippen LogP contribution >= 0.6 is 15.9 Å². The second-order valence-corrected chi connectivity index (χ2v) is 4.89. The number of carbonyl (C=O) groups excluding carboxylic acids is 1. The Balaban J connectivity index is 2.73. The fourth-order valence-electron chi connectivity index (χ4n) is 1.53.